The van der Waals surface area contributed by atoms with Crippen molar-refractivity contribution < 1.29 is 14.4 Å². The lowest BCUT2D eigenvalue weighted by Crippen LogP contribution is -2.65. The summed E-state index contributed by atoms with van der Waals surface area (Å²) in [6, 6.07) is 10.9. The maximum atomic E-state index is 10.1. The van der Waals surface area contributed by atoms with Crippen LogP contribution in [-0.4, -0.2) is 34.6 Å². The number of nitrogens with zero attached hydrogens (tertiary/aromatic N) is 1. The molecule has 0 saturated heterocycles. The van der Waals surface area contributed by atoms with Crippen molar-refractivity contribution in [2.45, 2.75) is 79.6 Å². The number of carbonyl (C=O) groups is 1. The minimum Gasteiger partial charge on any atom is -0.545 e. The Labute approximate surface area is 136 Å². The first-order valence-electron chi connectivity index (χ1n) is 8.22. The Kier molecular flexibility index (Phi) is 8.39. The van der Waals surface area contributed by atoms with Gasteiger partial charge in [0, 0.05) is 0 Å². The SMILES string of the molecule is CC(C)[N+](C(C)C)(C(C)C)C(C)C.O=C([O-])c1ccccc1. The number of quaternary nitrogens is 1. The van der Waals surface area contributed by atoms with E-state index in [1.807, 2.05) is 0 Å². The highest BCUT2D eigenvalue weighted by Crippen LogP contribution is 2.28. The molecule has 0 unspecified atom stereocenters. The van der Waals surface area contributed by atoms with E-state index in [0.29, 0.717) is 24.2 Å². The Bertz CT molecular complexity index is 398. The Balaban J connectivity index is 0.000000425. The Morgan fingerprint density at radius 3 is 1.23 bits per heavy atom. The molecule has 1 rings (SSSR count). The molecule has 0 aromatic heterocycles. The lowest BCUT2D eigenvalue weighted by Gasteiger charge is -2.52. The summed E-state index contributed by atoms with van der Waals surface area (Å²) < 4.78 is 1.22. The molecule has 0 heterocycles. The summed E-state index contributed by atoms with van der Waals surface area (Å²) in [5, 5.41) is 10.1. The number of carbonyl (C=O) groups excluding carboxylic acids is 1. The zero-order chi connectivity index (χ0) is 17.5. The molecule has 0 aliphatic rings. The first-order valence-corrected chi connectivity index (χ1v) is 8.22. The number of aromatic carboxylic acids is 1. The van der Waals surface area contributed by atoms with Gasteiger partial charge in [-0.25, -0.2) is 0 Å². The minimum absolute atomic E-state index is 0.220. The third kappa shape index (κ3) is 4.84. The summed E-state index contributed by atoms with van der Waals surface area (Å²) >= 11 is 0. The van der Waals surface area contributed by atoms with E-state index in [2.05, 4.69) is 55.4 Å². The standard InChI is InChI=1S/C12H28N.C7H6O2/c1-9(2)13(10(3)4,11(5)6)12(7)8;8-7(9)6-4-2-1-3-5-6/h9-12H,1-8H3;1-5H,(H,8,9)/q+1;/p-1. The summed E-state index contributed by atoms with van der Waals surface area (Å²) in [7, 11) is 0. The van der Waals surface area contributed by atoms with Crippen LogP contribution in [0, 0.1) is 0 Å². The van der Waals surface area contributed by atoms with Crippen LogP contribution < -0.4 is 5.11 Å². The molecule has 0 atom stereocenters. The topological polar surface area (TPSA) is 40.1 Å². The predicted molar refractivity (Wildman–Crippen MR) is 91.6 cm³/mol. The van der Waals surface area contributed by atoms with Gasteiger partial charge in [0.15, 0.2) is 0 Å². The number of hydrogen-bond donors (Lipinski definition) is 0. The monoisotopic (exact) mass is 307 g/mol. The zero-order valence-electron chi connectivity index (χ0n) is 15.5. The first kappa shape index (κ1) is 20.6. The Hall–Kier alpha value is -1.35. The van der Waals surface area contributed by atoms with Crippen molar-refractivity contribution in [3.05, 3.63) is 35.9 Å². The van der Waals surface area contributed by atoms with Crippen LogP contribution >= 0.6 is 0 Å². The molecular formula is C19H33NO2. The van der Waals surface area contributed by atoms with Crippen LogP contribution in [0.25, 0.3) is 0 Å². The lowest BCUT2D eigenvalue weighted by molar-refractivity contribution is -1.00. The highest BCUT2D eigenvalue weighted by molar-refractivity contribution is 5.85. The van der Waals surface area contributed by atoms with E-state index < -0.39 is 5.97 Å². The molecule has 22 heavy (non-hydrogen) atoms. The summed E-state index contributed by atoms with van der Waals surface area (Å²) in [5.41, 5.74) is 0.220. The molecule has 0 bridgehead atoms. The second kappa shape index (κ2) is 8.94. The second-order valence-electron chi connectivity index (χ2n) is 6.92. The van der Waals surface area contributed by atoms with Crippen molar-refractivity contribution in [1.29, 1.82) is 0 Å². The van der Waals surface area contributed by atoms with Gasteiger partial charge in [-0.2, -0.15) is 0 Å². The van der Waals surface area contributed by atoms with E-state index in [4.69, 9.17) is 0 Å². The summed E-state index contributed by atoms with van der Waals surface area (Å²) in [5.74, 6) is -1.13. The van der Waals surface area contributed by atoms with Gasteiger partial charge in [0.2, 0.25) is 0 Å². The van der Waals surface area contributed by atoms with Gasteiger partial charge in [-0.15, -0.1) is 0 Å². The van der Waals surface area contributed by atoms with Crippen molar-refractivity contribution in [3.8, 4) is 0 Å². The van der Waals surface area contributed by atoms with Gasteiger partial charge < -0.3 is 14.4 Å². The summed E-state index contributed by atoms with van der Waals surface area (Å²) in [6.45, 7) is 18.8. The third-order valence-corrected chi connectivity index (χ3v) is 4.59. The van der Waals surface area contributed by atoms with Gasteiger partial charge in [-0.1, -0.05) is 30.3 Å². The predicted octanol–water partition coefficient (Wildman–Crippen LogP) is 3.49. The molecule has 1 aromatic rings. The zero-order valence-corrected chi connectivity index (χ0v) is 15.5. The van der Waals surface area contributed by atoms with Crippen LogP contribution in [0.4, 0.5) is 0 Å². The van der Waals surface area contributed by atoms with Crippen molar-refractivity contribution in [2.24, 2.45) is 0 Å². The second-order valence-corrected chi connectivity index (χ2v) is 6.92. The summed E-state index contributed by atoms with van der Waals surface area (Å²) in [6.07, 6.45) is 0. The van der Waals surface area contributed by atoms with Crippen LogP contribution in [0.15, 0.2) is 30.3 Å². The van der Waals surface area contributed by atoms with E-state index in [1.165, 1.54) is 16.6 Å². The highest BCUT2D eigenvalue weighted by atomic mass is 16.4. The molecule has 0 amide bonds. The van der Waals surface area contributed by atoms with Gasteiger partial charge in [-0.3, -0.25) is 0 Å². The fourth-order valence-corrected chi connectivity index (χ4v) is 4.15. The molecule has 126 valence electrons. The number of benzene rings is 1. The number of carboxylic acid groups (broad SMARTS) is 1. The van der Waals surface area contributed by atoms with Crippen LogP contribution in [0.5, 0.6) is 0 Å². The number of rotatable bonds is 5. The van der Waals surface area contributed by atoms with E-state index in [9.17, 15) is 9.90 Å². The molecule has 3 nitrogen and oxygen atoms in total. The Morgan fingerprint density at radius 1 is 0.773 bits per heavy atom. The highest BCUT2D eigenvalue weighted by Gasteiger charge is 2.40. The third-order valence-electron chi connectivity index (χ3n) is 4.59. The minimum atomic E-state index is -1.13. The fourth-order valence-electron chi connectivity index (χ4n) is 4.15. The quantitative estimate of drug-likeness (QED) is 0.781. The normalized spacial score (nSPS) is 11.8. The molecule has 1 aromatic carbocycles. The van der Waals surface area contributed by atoms with E-state index in [1.54, 1.807) is 18.2 Å². The maximum Gasteiger partial charge on any atom is 0.0839 e. The molecular weight excluding hydrogens is 274 g/mol. The summed E-state index contributed by atoms with van der Waals surface area (Å²) in [4.78, 5) is 10.1. The van der Waals surface area contributed by atoms with Crippen molar-refractivity contribution in [2.75, 3.05) is 0 Å². The van der Waals surface area contributed by atoms with Crippen molar-refractivity contribution in [3.63, 3.8) is 0 Å². The van der Waals surface area contributed by atoms with Crippen LogP contribution in [0.2, 0.25) is 0 Å². The maximum absolute atomic E-state index is 10.1. The van der Waals surface area contributed by atoms with Crippen LogP contribution in [0.1, 0.15) is 65.7 Å². The van der Waals surface area contributed by atoms with Crippen LogP contribution in [-0.2, 0) is 0 Å². The lowest BCUT2D eigenvalue weighted by atomic mass is 10.0. The van der Waals surface area contributed by atoms with Gasteiger partial charge in [0.1, 0.15) is 0 Å². The molecule has 0 N–H and O–H groups in total. The van der Waals surface area contributed by atoms with Crippen molar-refractivity contribution >= 4 is 5.97 Å². The van der Waals surface area contributed by atoms with Gasteiger partial charge >= 0.3 is 0 Å². The van der Waals surface area contributed by atoms with E-state index >= 15 is 0 Å². The molecule has 0 aliphatic heterocycles. The molecule has 0 aliphatic carbocycles. The van der Waals surface area contributed by atoms with Crippen LogP contribution in [0.3, 0.4) is 0 Å². The number of hydrogen-bond acceptors (Lipinski definition) is 2. The first-order chi connectivity index (χ1) is 10.1. The molecule has 0 spiro atoms. The van der Waals surface area contributed by atoms with Crippen molar-refractivity contribution in [1.82, 2.24) is 0 Å². The Morgan fingerprint density at radius 2 is 1.09 bits per heavy atom. The smallest absolute Gasteiger partial charge is 0.0839 e. The van der Waals surface area contributed by atoms with Gasteiger partial charge in [0.25, 0.3) is 0 Å². The van der Waals surface area contributed by atoms with Gasteiger partial charge in [0.05, 0.1) is 30.1 Å². The van der Waals surface area contributed by atoms with Gasteiger partial charge in [-0.05, 0) is 61.0 Å². The largest absolute Gasteiger partial charge is 0.545 e. The molecule has 0 saturated carbocycles. The molecule has 0 radical (unpaired) electrons. The molecule has 0 fully saturated rings. The van der Waals surface area contributed by atoms with E-state index in [0.717, 1.165) is 0 Å². The average Bonchev–Trinajstić information content (AvgIpc) is 2.39. The average molecular weight is 307 g/mol. The van der Waals surface area contributed by atoms with E-state index in [-0.39, 0.29) is 5.56 Å². The fraction of sp³-hybridized carbons (Fsp3) is 0.632. The molecule has 3 heteroatoms. The number of carboxylic acids is 1.